The number of aromatic nitrogens is 1. The first-order valence-corrected chi connectivity index (χ1v) is 7.91. The Kier molecular flexibility index (Phi) is 7.68. The van der Waals surface area contributed by atoms with E-state index in [-0.39, 0.29) is 12.4 Å². The first-order chi connectivity index (χ1) is 6.24. The van der Waals surface area contributed by atoms with E-state index in [9.17, 15) is 0 Å². The Labute approximate surface area is 101 Å². The van der Waals surface area contributed by atoms with Gasteiger partial charge in [-0.25, -0.2) is 0 Å². The normalized spacial score (nSPS) is 11.6. The predicted molar refractivity (Wildman–Crippen MR) is 57.9 cm³/mol. The van der Waals surface area contributed by atoms with Gasteiger partial charge in [-0.3, -0.25) is 0 Å². The van der Waals surface area contributed by atoms with Crippen molar-refractivity contribution >= 4 is 23.5 Å². The molecule has 78 valence electrons. The molecule has 0 radical (unpaired) electrons. The van der Waals surface area contributed by atoms with E-state index < -0.39 is 13.4 Å². The van der Waals surface area contributed by atoms with E-state index in [4.69, 9.17) is 10.0 Å². The summed E-state index contributed by atoms with van der Waals surface area (Å²) in [6.07, 6.45) is 5.38. The third kappa shape index (κ3) is 4.66. The van der Waals surface area contributed by atoms with Crippen molar-refractivity contribution in [2.75, 3.05) is 0 Å². The van der Waals surface area contributed by atoms with Crippen LogP contribution in [0.1, 0.15) is 20.3 Å². The lowest BCUT2D eigenvalue weighted by atomic mass is 10.2. The SMILES string of the molecule is CCC(C)[CH2][Al]([Cl])[n+]1ccccc1.[Cl-]. The average Bonchev–Trinajstić information content (AvgIpc) is 2.19. The summed E-state index contributed by atoms with van der Waals surface area (Å²) in [7, 11) is 6.38. The summed E-state index contributed by atoms with van der Waals surface area (Å²) in [4.78, 5) is 0. The zero-order valence-corrected chi connectivity index (χ0v) is 11.3. The molecule has 0 aliphatic carbocycles. The molecule has 1 atom stereocenters. The van der Waals surface area contributed by atoms with Crippen LogP contribution in [-0.4, -0.2) is 13.4 Å². The molecule has 4 heteroatoms. The first kappa shape index (κ1) is 14.3. The predicted octanol–water partition coefficient (Wildman–Crippen LogP) is -0.401. The van der Waals surface area contributed by atoms with Crippen LogP contribution in [-0.2, 0) is 0 Å². The van der Waals surface area contributed by atoms with E-state index in [1.54, 1.807) is 0 Å². The topological polar surface area (TPSA) is 3.88 Å². The highest BCUT2D eigenvalue weighted by molar-refractivity contribution is 7.01. The summed E-state index contributed by atoms with van der Waals surface area (Å²) in [6, 6.07) is 6.11. The Morgan fingerprint density at radius 3 is 2.36 bits per heavy atom. The van der Waals surface area contributed by atoms with Crippen molar-refractivity contribution in [1.82, 2.24) is 0 Å². The lowest BCUT2D eigenvalue weighted by Gasteiger charge is -2.04. The molecule has 1 heterocycles. The van der Waals surface area contributed by atoms with Gasteiger partial charge in [-0.2, -0.15) is 10.0 Å². The molecular formula is C10H16AlCl2N. The van der Waals surface area contributed by atoms with Crippen LogP contribution in [0.5, 0.6) is 0 Å². The molecule has 0 aliphatic heterocycles. The molecule has 0 fully saturated rings. The second-order valence-electron chi connectivity index (χ2n) is 3.51. The largest absolute Gasteiger partial charge is 1.00 e. The van der Waals surface area contributed by atoms with Gasteiger partial charge in [0.05, 0.1) is 0 Å². The molecule has 1 unspecified atom stereocenters. The van der Waals surface area contributed by atoms with E-state index in [0.29, 0.717) is 0 Å². The second-order valence-corrected chi connectivity index (χ2v) is 6.95. The van der Waals surface area contributed by atoms with Gasteiger partial charge in [0.25, 0.3) is 0 Å². The number of hydrogen-bond acceptors (Lipinski definition) is 0. The fourth-order valence-corrected chi connectivity index (χ4v) is 4.34. The lowest BCUT2D eigenvalue weighted by Crippen LogP contribution is -3.00. The van der Waals surface area contributed by atoms with Gasteiger partial charge in [0.2, 0.25) is 0 Å². The highest BCUT2D eigenvalue weighted by Gasteiger charge is 2.36. The summed E-state index contributed by atoms with van der Waals surface area (Å²) in [5.74, 6) is 0.752. The number of hydrogen-bond donors (Lipinski definition) is 0. The number of rotatable bonds is 4. The van der Waals surface area contributed by atoms with Crippen molar-refractivity contribution in [1.29, 1.82) is 0 Å². The third-order valence-electron chi connectivity index (χ3n) is 2.36. The molecular weight excluding hydrogens is 232 g/mol. The summed E-state index contributed by atoms with van der Waals surface area (Å²) < 4.78 is 2.19. The minimum absolute atomic E-state index is 0. The molecule has 1 nitrogen and oxygen atoms in total. The van der Waals surface area contributed by atoms with Crippen molar-refractivity contribution < 1.29 is 16.0 Å². The third-order valence-corrected chi connectivity index (χ3v) is 5.75. The Morgan fingerprint density at radius 2 is 1.86 bits per heavy atom. The Morgan fingerprint density at radius 1 is 1.29 bits per heavy atom. The summed E-state index contributed by atoms with van der Waals surface area (Å²) >= 11 is -1.25. The van der Waals surface area contributed by atoms with E-state index in [1.165, 1.54) is 11.7 Å². The van der Waals surface area contributed by atoms with Crippen molar-refractivity contribution in [2.24, 2.45) is 5.92 Å². The van der Waals surface area contributed by atoms with Crippen molar-refractivity contribution in [3.63, 3.8) is 0 Å². The standard InChI is InChI=1S/C5H5N.C5H11.Al.2ClH/c1-2-4-6-5-3-1;1-4-5(2)3;;;/h1-5H;5H,2,4H2,1,3H3;;2*1H/q;;+2;;/p-2. The molecule has 1 rings (SSSR count). The van der Waals surface area contributed by atoms with Gasteiger partial charge >= 0.3 is 13.4 Å². The van der Waals surface area contributed by atoms with Crippen LogP contribution in [0, 0.1) is 5.92 Å². The molecule has 0 aliphatic rings. The zero-order chi connectivity index (χ0) is 9.68. The van der Waals surface area contributed by atoms with Crippen LogP contribution >= 0.6 is 10.0 Å². The van der Waals surface area contributed by atoms with Gasteiger partial charge in [-0.05, 0) is 23.3 Å². The zero-order valence-electron chi connectivity index (χ0n) is 8.66. The number of nitrogens with zero attached hydrogens (tertiary/aromatic N) is 1. The van der Waals surface area contributed by atoms with Crippen LogP contribution in [0.4, 0.5) is 0 Å². The maximum absolute atomic E-state index is 6.38. The quantitative estimate of drug-likeness (QED) is 0.638. The van der Waals surface area contributed by atoms with Crippen molar-refractivity contribution in [3.8, 4) is 0 Å². The van der Waals surface area contributed by atoms with Crippen LogP contribution in [0.2, 0.25) is 5.28 Å². The molecule has 1 aromatic rings. The van der Waals surface area contributed by atoms with Crippen LogP contribution in [0.3, 0.4) is 0 Å². The Balaban J connectivity index is 0.00000169. The van der Waals surface area contributed by atoms with Gasteiger partial charge in [-0.15, -0.1) is 0 Å². The van der Waals surface area contributed by atoms with Crippen LogP contribution < -0.4 is 16.0 Å². The molecule has 1 aromatic heterocycles. The fraction of sp³-hybridized carbons (Fsp3) is 0.500. The van der Waals surface area contributed by atoms with E-state index in [1.807, 2.05) is 18.2 Å². The molecule has 0 bridgehead atoms. The van der Waals surface area contributed by atoms with Gasteiger partial charge in [0.15, 0.2) is 0 Å². The lowest BCUT2D eigenvalue weighted by molar-refractivity contribution is -0.534. The van der Waals surface area contributed by atoms with Crippen LogP contribution in [0.25, 0.3) is 0 Å². The number of pyridine rings is 1. The highest BCUT2D eigenvalue weighted by Crippen LogP contribution is 2.10. The van der Waals surface area contributed by atoms with E-state index >= 15 is 0 Å². The summed E-state index contributed by atoms with van der Waals surface area (Å²) in [6.45, 7) is 4.49. The van der Waals surface area contributed by atoms with Crippen LogP contribution in [0.15, 0.2) is 30.6 Å². The summed E-state index contributed by atoms with van der Waals surface area (Å²) in [5.41, 5.74) is 0. The van der Waals surface area contributed by atoms with Crippen molar-refractivity contribution in [2.45, 2.75) is 25.6 Å². The Hall–Kier alpha value is 0.262. The number of halogens is 2. The molecule has 0 saturated carbocycles. The molecule has 0 amide bonds. The molecule has 0 N–H and O–H groups in total. The molecule has 14 heavy (non-hydrogen) atoms. The van der Waals surface area contributed by atoms with Gasteiger partial charge < -0.3 is 16.0 Å². The summed E-state index contributed by atoms with van der Waals surface area (Å²) in [5, 5.41) is 1.17. The van der Waals surface area contributed by atoms with Gasteiger partial charge in [-0.1, -0.05) is 26.3 Å². The monoisotopic (exact) mass is 247 g/mol. The van der Waals surface area contributed by atoms with E-state index in [2.05, 4.69) is 29.8 Å². The maximum atomic E-state index is 6.38. The van der Waals surface area contributed by atoms with Gasteiger partial charge in [0.1, 0.15) is 12.4 Å². The molecule has 0 saturated heterocycles. The Bertz CT molecular complexity index is 243. The minimum atomic E-state index is -1.25. The first-order valence-electron chi connectivity index (χ1n) is 4.84. The molecule has 0 spiro atoms. The van der Waals surface area contributed by atoms with E-state index in [0.717, 1.165) is 5.92 Å². The maximum Gasteiger partial charge on any atom is 0.876 e. The highest BCUT2D eigenvalue weighted by atomic mass is 35.6. The minimum Gasteiger partial charge on any atom is -1.00 e. The fourth-order valence-electron chi connectivity index (χ4n) is 1.22. The van der Waals surface area contributed by atoms with Crippen molar-refractivity contribution in [3.05, 3.63) is 30.6 Å². The smallest absolute Gasteiger partial charge is 0.876 e. The average molecular weight is 248 g/mol. The van der Waals surface area contributed by atoms with Gasteiger partial charge in [0, 0.05) is 0 Å². The molecule has 0 aromatic carbocycles. The second kappa shape index (κ2) is 7.54.